The van der Waals surface area contributed by atoms with Gasteiger partial charge in [-0.05, 0) is 24.3 Å². The average Bonchev–Trinajstić information content (AvgIpc) is 3.45. The zero-order valence-electron chi connectivity index (χ0n) is 17.0. The number of hydrogen-bond acceptors (Lipinski definition) is 8. The van der Waals surface area contributed by atoms with Crippen LogP contribution in [-0.2, 0) is 4.79 Å². The van der Waals surface area contributed by atoms with Crippen molar-refractivity contribution < 1.29 is 9.90 Å². The number of carbonyl (C=O) groups is 1. The van der Waals surface area contributed by atoms with E-state index in [1.807, 2.05) is 5.38 Å². The number of rotatable bonds is 5. The van der Waals surface area contributed by atoms with E-state index in [2.05, 4.69) is 35.1 Å². The van der Waals surface area contributed by atoms with E-state index in [1.54, 1.807) is 36.7 Å². The number of phenols is 1. The Labute approximate surface area is 192 Å². The fourth-order valence-electron chi connectivity index (χ4n) is 3.76. The minimum Gasteiger partial charge on any atom is -0.508 e. The smallest absolute Gasteiger partial charge is 0.240 e. The first-order valence-electron chi connectivity index (χ1n) is 10.1. The van der Waals surface area contributed by atoms with Gasteiger partial charge in [0, 0.05) is 43.3 Å². The van der Waals surface area contributed by atoms with Crippen LogP contribution in [0.4, 0.5) is 10.8 Å². The summed E-state index contributed by atoms with van der Waals surface area (Å²) in [6.07, 6.45) is 3.29. The standard InChI is InChI=1S/C21H20ClN7O2S/c22-15-11-24-20-17(26-19(27-20)13-1-3-14(30)4-2-13)18(15)29-8-6-28(7-9-29)12-16(31)25-21-23-5-10-32-21/h1-5,10-11,30H,6-9,12H2,(H,23,25,31)(H,24,26,27). The summed E-state index contributed by atoms with van der Waals surface area (Å²) >= 11 is 7.95. The van der Waals surface area contributed by atoms with Gasteiger partial charge in [0.15, 0.2) is 10.8 Å². The highest BCUT2D eigenvalue weighted by Crippen LogP contribution is 2.34. The van der Waals surface area contributed by atoms with Gasteiger partial charge in [-0.25, -0.2) is 15.0 Å². The zero-order valence-corrected chi connectivity index (χ0v) is 18.5. The van der Waals surface area contributed by atoms with E-state index >= 15 is 0 Å². The summed E-state index contributed by atoms with van der Waals surface area (Å²) in [5.74, 6) is 0.795. The molecular weight excluding hydrogens is 450 g/mol. The molecule has 0 aliphatic carbocycles. The molecule has 3 aromatic heterocycles. The number of nitrogens with zero attached hydrogens (tertiary/aromatic N) is 5. The van der Waals surface area contributed by atoms with Crippen molar-refractivity contribution in [3.8, 4) is 17.1 Å². The fraction of sp³-hybridized carbons (Fsp3) is 0.238. The minimum atomic E-state index is -0.0650. The molecule has 1 saturated heterocycles. The second-order valence-electron chi connectivity index (χ2n) is 7.43. The van der Waals surface area contributed by atoms with Crippen molar-refractivity contribution in [1.82, 2.24) is 24.8 Å². The molecule has 1 aromatic carbocycles. The zero-order chi connectivity index (χ0) is 22.1. The van der Waals surface area contributed by atoms with Crippen LogP contribution in [0, 0.1) is 0 Å². The molecule has 5 rings (SSSR count). The molecular formula is C21H20ClN7O2S. The third kappa shape index (κ3) is 4.24. The Bertz CT molecular complexity index is 1240. The van der Waals surface area contributed by atoms with Crippen molar-refractivity contribution in [2.75, 3.05) is 42.9 Å². The molecule has 1 amide bonds. The largest absolute Gasteiger partial charge is 0.508 e. The number of benzene rings is 1. The number of aromatic amines is 1. The van der Waals surface area contributed by atoms with Gasteiger partial charge in [0.1, 0.15) is 17.1 Å². The molecule has 9 nitrogen and oxygen atoms in total. The molecule has 0 unspecified atom stereocenters. The summed E-state index contributed by atoms with van der Waals surface area (Å²) < 4.78 is 0. The highest BCUT2D eigenvalue weighted by atomic mass is 35.5. The molecule has 1 aliphatic rings. The normalized spacial score (nSPS) is 14.7. The molecule has 1 fully saturated rings. The molecule has 32 heavy (non-hydrogen) atoms. The predicted octanol–water partition coefficient (Wildman–Crippen LogP) is 3.20. The Balaban J connectivity index is 1.31. The number of piperazine rings is 1. The number of amides is 1. The topological polar surface area (TPSA) is 110 Å². The van der Waals surface area contributed by atoms with Gasteiger partial charge in [-0.15, -0.1) is 11.3 Å². The molecule has 0 saturated carbocycles. The van der Waals surface area contributed by atoms with Crippen molar-refractivity contribution >= 4 is 50.8 Å². The monoisotopic (exact) mass is 469 g/mol. The number of phenolic OH excluding ortho intramolecular Hbond substituents is 1. The average molecular weight is 470 g/mol. The number of hydrogen-bond donors (Lipinski definition) is 3. The lowest BCUT2D eigenvalue weighted by Gasteiger charge is -2.36. The molecule has 3 N–H and O–H groups in total. The number of H-pyrrole nitrogens is 1. The molecule has 0 atom stereocenters. The minimum absolute atomic E-state index is 0.0650. The molecule has 0 bridgehead atoms. The van der Waals surface area contributed by atoms with Gasteiger partial charge in [-0.3, -0.25) is 9.69 Å². The Kier molecular flexibility index (Phi) is 5.64. The first kappa shape index (κ1) is 20.7. The van der Waals surface area contributed by atoms with Crippen molar-refractivity contribution in [2.24, 2.45) is 0 Å². The maximum Gasteiger partial charge on any atom is 0.240 e. The van der Waals surface area contributed by atoms with Gasteiger partial charge >= 0.3 is 0 Å². The molecule has 0 radical (unpaired) electrons. The summed E-state index contributed by atoms with van der Waals surface area (Å²) in [5, 5.41) is 15.4. The van der Waals surface area contributed by atoms with E-state index in [1.165, 1.54) is 11.3 Å². The van der Waals surface area contributed by atoms with Crippen LogP contribution in [0.15, 0.2) is 42.0 Å². The number of anilines is 2. The number of pyridine rings is 1. The summed E-state index contributed by atoms with van der Waals surface area (Å²) in [7, 11) is 0. The van der Waals surface area contributed by atoms with Crippen molar-refractivity contribution in [3.05, 3.63) is 47.1 Å². The summed E-state index contributed by atoms with van der Waals surface area (Å²) in [4.78, 5) is 33.0. The summed E-state index contributed by atoms with van der Waals surface area (Å²) in [6, 6.07) is 6.83. The lowest BCUT2D eigenvalue weighted by molar-refractivity contribution is -0.117. The van der Waals surface area contributed by atoms with Crippen LogP contribution in [0.3, 0.4) is 0 Å². The number of nitrogens with one attached hydrogen (secondary N) is 2. The van der Waals surface area contributed by atoms with Crippen LogP contribution in [-0.4, -0.2) is 68.6 Å². The van der Waals surface area contributed by atoms with Crippen molar-refractivity contribution in [3.63, 3.8) is 0 Å². The van der Waals surface area contributed by atoms with E-state index in [-0.39, 0.29) is 11.7 Å². The van der Waals surface area contributed by atoms with Gasteiger partial charge in [0.05, 0.1) is 23.5 Å². The lowest BCUT2D eigenvalue weighted by atomic mass is 10.2. The maximum absolute atomic E-state index is 12.3. The number of carbonyl (C=O) groups excluding carboxylic acids is 1. The Morgan fingerprint density at radius 1 is 1.19 bits per heavy atom. The molecule has 4 aromatic rings. The highest BCUT2D eigenvalue weighted by Gasteiger charge is 2.24. The number of halogens is 1. The van der Waals surface area contributed by atoms with E-state index in [9.17, 15) is 9.90 Å². The summed E-state index contributed by atoms with van der Waals surface area (Å²) in [5.41, 5.74) is 3.06. The van der Waals surface area contributed by atoms with E-state index < -0.39 is 0 Å². The summed E-state index contributed by atoms with van der Waals surface area (Å²) in [6.45, 7) is 3.21. The van der Waals surface area contributed by atoms with Crippen LogP contribution in [0.25, 0.3) is 22.6 Å². The van der Waals surface area contributed by atoms with E-state index in [0.717, 1.165) is 42.9 Å². The number of aromatic hydroxyl groups is 1. The number of fused-ring (bicyclic) bond motifs is 1. The van der Waals surface area contributed by atoms with Crippen LogP contribution >= 0.6 is 22.9 Å². The highest BCUT2D eigenvalue weighted by molar-refractivity contribution is 7.13. The predicted molar refractivity (Wildman–Crippen MR) is 125 cm³/mol. The van der Waals surface area contributed by atoms with Gasteiger partial charge in [-0.2, -0.15) is 0 Å². The van der Waals surface area contributed by atoms with Crippen LogP contribution in [0.2, 0.25) is 5.02 Å². The SMILES string of the molecule is O=C(CN1CCN(c2c(Cl)cnc3nc(-c4ccc(O)cc4)[nH]c23)CC1)Nc1nccs1. The first-order valence-corrected chi connectivity index (χ1v) is 11.3. The third-order valence-corrected chi connectivity index (χ3v) is 6.29. The van der Waals surface area contributed by atoms with Crippen LogP contribution in [0.1, 0.15) is 0 Å². The Morgan fingerprint density at radius 2 is 1.97 bits per heavy atom. The van der Waals surface area contributed by atoms with Gasteiger partial charge in [0.2, 0.25) is 5.91 Å². The van der Waals surface area contributed by atoms with Gasteiger partial charge in [0.25, 0.3) is 0 Å². The molecule has 11 heteroatoms. The molecule has 1 aliphatic heterocycles. The Morgan fingerprint density at radius 3 is 2.69 bits per heavy atom. The Hall–Kier alpha value is -3.21. The lowest BCUT2D eigenvalue weighted by Crippen LogP contribution is -2.48. The van der Waals surface area contributed by atoms with E-state index in [4.69, 9.17) is 11.6 Å². The molecule has 4 heterocycles. The third-order valence-electron chi connectivity index (χ3n) is 5.32. The maximum atomic E-state index is 12.3. The molecule has 164 valence electrons. The number of aromatic nitrogens is 4. The van der Waals surface area contributed by atoms with Crippen molar-refractivity contribution in [1.29, 1.82) is 0 Å². The number of thiazole rings is 1. The van der Waals surface area contributed by atoms with Gasteiger partial charge in [-0.1, -0.05) is 11.6 Å². The molecule has 0 spiro atoms. The van der Waals surface area contributed by atoms with E-state index in [0.29, 0.717) is 28.2 Å². The second-order valence-corrected chi connectivity index (χ2v) is 8.74. The second kappa shape index (κ2) is 8.73. The van der Waals surface area contributed by atoms with Gasteiger partial charge < -0.3 is 20.3 Å². The van der Waals surface area contributed by atoms with Crippen LogP contribution in [0.5, 0.6) is 5.75 Å². The quantitative estimate of drug-likeness (QED) is 0.411. The van der Waals surface area contributed by atoms with Crippen molar-refractivity contribution in [2.45, 2.75) is 0 Å². The van der Waals surface area contributed by atoms with Crippen LogP contribution < -0.4 is 10.2 Å². The first-order chi connectivity index (χ1) is 15.6. The fourth-order valence-corrected chi connectivity index (χ4v) is 4.57. The number of imidazole rings is 1.